The molecular weight excluding hydrogens is 357 g/mol. The first-order chi connectivity index (χ1) is 12.7. The van der Waals surface area contributed by atoms with Crippen molar-refractivity contribution in [2.75, 3.05) is 25.0 Å². The van der Waals surface area contributed by atoms with E-state index >= 15 is 0 Å². The van der Waals surface area contributed by atoms with E-state index in [9.17, 15) is 18.0 Å². The van der Waals surface area contributed by atoms with E-state index in [1.807, 2.05) is 20.8 Å². The van der Waals surface area contributed by atoms with E-state index < -0.39 is 11.7 Å². The number of halogens is 3. The van der Waals surface area contributed by atoms with Crippen LogP contribution in [0.25, 0.3) is 11.4 Å². The summed E-state index contributed by atoms with van der Waals surface area (Å²) in [5.41, 5.74) is 1.23. The third kappa shape index (κ3) is 4.96. The van der Waals surface area contributed by atoms with Crippen LogP contribution in [-0.4, -0.2) is 40.4 Å². The molecule has 146 valence electrons. The smallest absolute Gasteiger partial charge is 0.361 e. The summed E-state index contributed by atoms with van der Waals surface area (Å²) in [6.07, 6.45) is -4.39. The average Bonchev–Trinajstić information content (AvgIpc) is 2.63. The Balaban J connectivity index is 2.26. The number of anilines is 1. The summed E-state index contributed by atoms with van der Waals surface area (Å²) in [6, 6.07) is 4.70. The number of likely N-dealkylation sites (N-methyl/N-ethyl adjacent to an activating group) is 1. The van der Waals surface area contributed by atoms with Gasteiger partial charge in [-0.3, -0.25) is 4.79 Å². The minimum absolute atomic E-state index is 0.0493. The Labute approximate surface area is 156 Å². The first-order valence-corrected chi connectivity index (χ1v) is 8.71. The van der Waals surface area contributed by atoms with E-state index in [1.165, 1.54) is 12.1 Å². The number of aryl methyl sites for hydroxylation is 1. The molecule has 1 aromatic carbocycles. The van der Waals surface area contributed by atoms with Crippen molar-refractivity contribution in [2.45, 2.75) is 33.9 Å². The van der Waals surface area contributed by atoms with Crippen LogP contribution in [-0.2, 0) is 11.0 Å². The fourth-order valence-electron chi connectivity index (χ4n) is 2.59. The van der Waals surface area contributed by atoms with Crippen LogP contribution in [0.3, 0.4) is 0 Å². The number of hydrogen-bond donors (Lipinski definition) is 1. The maximum atomic E-state index is 12.7. The summed E-state index contributed by atoms with van der Waals surface area (Å²) in [7, 11) is 0. The highest BCUT2D eigenvalue weighted by Gasteiger charge is 2.30. The molecule has 0 fully saturated rings. The van der Waals surface area contributed by atoms with Crippen LogP contribution in [0.15, 0.2) is 24.3 Å². The summed E-state index contributed by atoms with van der Waals surface area (Å²) in [5.74, 6) is 0.759. The van der Waals surface area contributed by atoms with Gasteiger partial charge in [-0.05, 0) is 39.8 Å². The van der Waals surface area contributed by atoms with E-state index in [0.717, 1.165) is 17.7 Å². The molecule has 0 aliphatic rings. The van der Waals surface area contributed by atoms with Gasteiger partial charge in [0.1, 0.15) is 5.82 Å². The van der Waals surface area contributed by atoms with E-state index in [2.05, 4.69) is 15.3 Å². The molecule has 1 heterocycles. The number of rotatable bonds is 6. The van der Waals surface area contributed by atoms with Crippen LogP contribution in [0.1, 0.15) is 30.7 Å². The van der Waals surface area contributed by atoms with Gasteiger partial charge in [0.05, 0.1) is 12.1 Å². The molecule has 2 rings (SSSR count). The lowest BCUT2D eigenvalue weighted by molar-refractivity contribution is -0.137. The van der Waals surface area contributed by atoms with Gasteiger partial charge in [0.15, 0.2) is 5.82 Å². The molecule has 1 aromatic heterocycles. The van der Waals surface area contributed by atoms with Crippen molar-refractivity contribution in [2.24, 2.45) is 0 Å². The van der Waals surface area contributed by atoms with Crippen molar-refractivity contribution < 1.29 is 18.0 Å². The van der Waals surface area contributed by atoms with Gasteiger partial charge in [-0.25, -0.2) is 9.97 Å². The molecule has 0 unspecified atom stereocenters. The molecule has 0 radical (unpaired) electrons. The van der Waals surface area contributed by atoms with Crippen molar-refractivity contribution in [3.8, 4) is 11.4 Å². The first kappa shape index (κ1) is 20.7. The van der Waals surface area contributed by atoms with Crippen LogP contribution < -0.4 is 5.32 Å². The molecule has 0 atom stereocenters. The minimum Gasteiger partial charge on any atom is -0.361 e. The number of benzene rings is 1. The highest BCUT2D eigenvalue weighted by atomic mass is 19.4. The number of carbonyl (C=O) groups excluding carboxylic acids is 1. The van der Waals surface area contributed by atoms with E-state index in [-0.39, 0.29) is 12.5 Å². The summed E-state index contributed by atoms with van der Waals surface area (Å²) in [5, 5.41) is 3.03. The Bertz CT molecular complexity index is 800. The molecular formula is C19H23F3N4O. The molecule has 8 heteroatoms. The number of alkyl halides is 3. The number of carbonyl (C=O) groups is 1. The lowest BCUT2D eigenvalue weighted by Crippen LogP contribution is -2.35. The third-order valence-corrected chi connectivity index (χ3v) is 4.38. The largest absolute Gasteiger partial charge is 0.416 e. The van der Waals surface area contributed by atoms with Gasteiger partial charge in [0.2, 0.25) is 5.91 Å². The molecule has 0 aliphatic carbocycles. The second kappa shape index (κ2) is 8.37. The standard InChI is InChI=1S/C19H23F3N4O/c1-5-26(6-2)16(27)11-23-17-12(3)13(4)24-18(25-17)14-7-9-15(10-8-14)19(20,21)22/h7-10H,5-6,11H2,1-4H3,(H,23,24,25). The first-order valence-electron chi connectivity index (χ1n) is 8.71. The number of hydrogen-bond acceptors (Lipinski definition) is 4. The van der Waals surface area contributed by atoms with E-state index in [0.29, 0.717) is 36.0 Å². The topological polar surface area (TPSA) is 58.1 Å². The second-order valence-corrected chi connectivity index (χ2v) is 6.10. The number of aromatic nitrogens is 2. The predicted octanol–water partition coefficient (Wildman–Crippen LogP) is 4.06. The Hall–Kier alpha value is -2.64. The molecule has 0 aliphatic heterocycles. The van der Waals surface area contributed by atoms with E-state index in [4.69, 9.17) is 0 Å². The number of nitrogens with zero attached hydrogens (tertiary/aromatic N) is 3. The predicted molar refractivity (Wildman–Crippen MR) is 98.4 cm³/mol. The quantitative estimate of drug-likeness (QED) is 0.821. The van der Waals surface area contributed by atoms with Gasteiger partial charge in [-0.1, -0.05) is 12.1 Å². The Kier molecular flexibility index (Phi) is 6.41. The van der Waals surface area contributed by atoms with Gasteiger partial charge in [0.25, 0.3) is 0 Å². The normalized spacial score (nSPS) is 11.4. The molecule has 0 saturated heterocycles. The lowest BCUT2D eigenvalue weighted by Gasteiger charge is -2.19. The van der Waals surface area contributed by atoms with Crippen molar-refractivity contribution in [1.82, 2.24) is 14.9 Å². The second-order valence-electron chi connectivity index (χ2n) is 6.10. The minimum atomic E-state index is -4.39. The fourth-order valence-corrected chi connectivity index (χ4v) is 2.59. The van der Waals surface area contributed by atoms with Gasteiger partial charge in [0, 0.05) is 29.9 Å². The van der Waals surface area contributed by atoms with Gasteiger partial charge >= 0.3 is 6.18 Å². The van der Waals surface area contributed by atoms with E-state index in [1.54, 1.807) is 11.8 Å². The van der Waals surface area contributed by atoms with Crippen molar-refractivity contribution >= 4 is 11.7 Å². The molecule has 0 saturated carbocycles. The van der Waals surface area contributed by atoms with Crippen LogP contribution >= 0.6 is 0 Å². The van der Waals surface area contributed by atoms with Crippen molar-refractivity contribution in [3.63, 3.8) is 0 Å². The molecule has 27 heavy (non-hydrogen) atoms. The summed E-state index contributed by atoms with van der Waals surface area (Å²) in [6.45, 7) is 8.77. The molecule has 2 aromatic rings. The molecule has 0 bridgehead atoms. The summed E-state index contributed by atoms with van der Waals surface area (Å²) >= 11 is 0. The fraction of sp³-hybridized carbons (Fsp3) is 0.421. The van der Waals surface area contributed by atoms with Crippen LogP contribution in [0.4, 0.5) is 19.0 Å². The maximum absolute atomic E-state index is 12.7. The average molecular weight is 380 g/mol. The highest BCUT2D eigenvalue weighted by Crippen LogP contribution is 2.30. The molecule has 0 spiro atoms. The molecule has 1 N–H and O–H groups in total. The third-order valence-electron chi connectivity index (χ3n) is 4.38. The Morgan fingerprint density at radius 3 is 2.19 bits per heavy atom. The Morgan fingerprint density at radius 1 is 1.07 bits per heavy atom. The zero-order valence-electron chi connectivity index (χ0n) is 15.8. The zero-order chi connectivity index (χ0) is 20.2. The van der Waals surface area contributed by atoms with Crippen LogP contribution in [0.5, 0.6) is 0 Å². The summed E-state index contributed by atoms with van der Waals surface area (Å²) in [4.78, 5) is 22.6. The maximum Gasteiger partial charge on any atom is 0.416 e. The van der Waals surface area contributed by atoms with Crippen LogP contribution in [0.2, 0.25) is 0 Å². The Morgan fingerprint density at radius 2 is 1.67 bits per heavy atom. The molecule has 1 amide bonds. The lowest BCUT2D eigenvalue weighted by atomic mass is 10.1. The molecule has 5 nitrogen and oxygen atoms in total. The monoisotopic (exact) mass is 380 g/mol. The van der Waals surface area contributed by atoms with Crippen LogP contribution in [0, 0.1) is 13.8 Å². The van der Waals surface area contributed by atoms with Crippen molar-refractivity contribution in [1.29, 1.82) is 0 Å². The highest BCUT2D eigenvalue weighted by molar-refractivity contribution is 5.81. The SMILES string of the molecule is CCN(CC)C(=O)CNc1nc(-c2ccc(C(F)(F)F)cc2)nc(C)c1C. The number of nitrogens with one attached hydrogen (secondary N) is 1. The number of amides is 1. The van der Waals surface area contributed by atoms with Gasteiger partial charge in [-0.15, -0.1) is 0 Å². The van der Waals surface area contributed by atoms with Crippen molar-refractivity contribution in [3.05, 3.63) is 41.1 Å². The zero-order valence-corrected chi connectivity index (χ0v) is 15.8. The van der Waals surface area contributed by atoms with Gasteiger partial charge < -0.3 is 10.2 Å². The summed E-state index contributed by atoms with van der Waals surface area (Å²) < 4.78 is 38.2. The van der Waals surface area contributed by atoms with Gasteiger partial charge in [-0.2, -0.15) is 13.2 Å².